The van der Waals surface area contributed by atoms with Gasteiger partial charge >= 0.3 is 24.2 Å². The van der Waals surface area contributed by atoms with Crippen LogP contribution >= 0.6 is 0 Å². The Kier molecular flexibility index (Phi) is 6.01. The van der Waals surface area contributed by atoms with Crippen molar-refractivity contribution in [3.63, 3.8) is 0 Å². The zero-order chi connectivity index (χ0) is 21.1. The minimum Gasteiger partial charge on any atom is -0.341 e. The summed E-state index contributed by atoms with van der Waals surface area (Å²) in [7, 11) is 0. The normalized spacial score (nSPS) is 13.0. The monoisotopic (exact) mass is 404 g/mol. The van der Waals surface area contributed by atoms with Gasteiger partial charge in [0.15, 0.2) is 0 Å². The smallest absolute Gasteiger partial charge is 0.341 e. The minimum absolute atomic E-state index is 0.0762. The summed E-state index contributed by atoms with van der Waals surface area (Å²) in [5.41, 5.74) is -3.34. The molecule has 2 aromatic rings. The summed E-state index contributed by atoms with van der Waals surface area (Å²) in [5.74, 6) is -2.60. The van der Waals surface area contributed by atoms with Crippen LogP contribution in [-0.4, -0.2) is 11.8 Å². The number of halogens is 6. The number of hydrogen-bond donors (Lipinski definition) is 2. The Hall–Kier alpha value is -3.04. The number of carbonyl (C=O) groups excluding carboxylic acids is 2. The quantitative estimate of drug-likeness (QED) is 0.583. The van der Waals surface area contributed by atoms with E-state index in [9.17, 15) is 35.9 Å². The van der Waals surface area contributed by atoms with E-state index in [-0.39, 0.29) is 6.07 Å². The van der Waals surface area contributed by atoms with Crippen molar-refractivity contribution < 1.29 is 35.9 Å². The highest BCUT2D eigenvalue weighted by atomic mass is 19.4. The van der Waals surface area contributed by atoms with E-state index in [0.717, 1.165) is 0 Å². The van der Waals surface area contributed by atoms with E-state index in [1.165, 1.54) is 0 Å². The van der Waals surface area contributed by atoms with Crippen molar-refractivity contribution in [2.75, 3.05) is 5.32 Å². The first-order valence-electron chi connectivity index (χ1n) is 7.84. The molecule has 2 rings (SSSR count). The third-order valence-corrected chi connectivity index (χ3v) is 3.70. The second-order valence-electron chi connectivity index (χ2n) is 5.85. The average molecular weight is 404 g/mol. The molecule has 0 spiro atoms. The Morgan fingerprint density at radius 1 is 0.821 bits per heavy atom. The average Bonchev–Trinajstić information content (AvgIpc) is 2.60. The van der Waals surface area contributed by atoms with Crippen molar-refractivity contribution in [1.29, 1.82) is 0 Å². The van der Waals surface area contributed by atoms with Crippen LogP contribution in [0, 0.1) is 0 Å². The number of nitrogens with one attached hydrogen (secondary N) is 2. The Labute approximate surface area is 155 Å². The zero-order valence-corrected chi connectivity index (χ0v) is 14.3. The van der Waals surface area contributed by atoms with Crippen LogP contribution in [0.25, 0.3) is 0 Å². The number of anilines is 1. The van der Waals surface area contributed by atoms with Gasteiger partial charge in [-0.1, -0.05) is 30.3 Å². The molecule has 0 radical (unpaired) electrons. The Morgan fingerprint density at radius 3 is 1.79 bits per heavy atom. The fourth-order valence-corrected chi connectivity index (χ4v) is 2.30. The summed E-state index contributed by atoms with van der Waals surface area (Å²) in [5, 5.41) is 4.08. The maximum absolute atomic E-state index is 12.8. The van der Waals surface area contributed by atoms with Crippen LogP contribution in [0.5, 0.6) is 0 Å². The van der Waals surface area contributed by atoms with Crippen molar-refractivity contribution in [3.05, 3.63) is 65.2 Å². The van der Waals surface area contributed by atoms with E-state index < -0.39 is 47.0 Å². The van der Waals surface area contributed by atoms with Crippen molar-refractivity contribution >= 4 is 17.5 Å². The number of carbonyl (C=O) groups is 2. The SMILES string of the molecule is CC(NC(=O)C(=O)Nc1cc(C(F)(F)F)cc(C(F)(F)F)c1)c1ccccc1. The van der Waals surface area contributed by atoms with Gasteiger partial charge in [-0.2, -0.15) is 26.3 Å². The summed E-state index contributed by atoms with van der Waals surface area (Å²) in [6, 6.07) is 8.42. The Morgan fingerprint density at radius 2 is 1.32 bits per heavy atom. The van der Waals surface area contributed by atoms with E-state index in [0.29, 0.717) is 17.7 Å². The predicted molar refractivity (Wildman–Crippen MR) is 88.1 cm³/mol. The highest BCUT2D eigenvalue weighted by molar-refractivity contribution is 6.39. The Balaban J connectivity index is 2.19. The first-order chi connectivity index (χ1) is 12.9. The van der Waals surface area contributed by atoms with Crippen molar-refractivity contribution in [2.24, 2.45) is 0 Å². The molecule has 0 saturated heterocycles. The van der Waals surface area contributed by atoms with Gasteiger partial charge in [-0.15, -0.1) is 0 Å². The third kappa shape index (κ3) is 5.48. The summed E-state index contributed by atoms with van der Waals surface area (Å²) in [6.45, 7) is 1.56. The molecule has 10 heteroatoms. The first kappa shape index (κ1) is 21.3. The van der Waals surface area contributed by atoms with E-state index in [1.54, 1.807) is 42.6 Å². The summed E-state index contributed by atoms with van der Waals surface area (Å²) in [4.78, 5) is 23.8. The van der Waals surface area contributed by atoms with Gasteiger partial charge in [-0.3, -0.25) is 9.59 Å². The van der Waals surface area contributed by atoms with Gasteiger partial charge in [0.1, 0.15) is 0 Å². The summed E-state index contributed by atoms with van der Waals surface area (Å²) >= 11 is 0. The van der Waals surface area contributed by atoms with Gasteiger partial charge < -0.3 is 10.6 Å². The van der Waals surface area contributed by atoms with E-state index in [2.05, 4.69) is 5.32 Å². The highest BCUT2D eigenvalue weighted by Gasteiger charge is 2.37. The first-order valence-corrected chi connectivity index (χ1v) is 7.84. The fourth-order valence-electron chi connectivity index (χ4n) is 2.30. The maximum atomic E-state index is 12.8. The lowest BCUT2D eigenvalue weighted by molar-refractivity contribution is -0.143. The van der Waals surface area contributed by atoms with Crippen LogP contribution < -0.4 is 10.6 Å². The molecule has 0 bridgehead atoms. The second kappa shape index (κ2) is 7.91. The third-order valence-electron chi connectivity index (χ3n) is 3.70. The van der Waals surface area contributed by atoms with Crippen LogP contribution in [0.3, 0.4) is 0 Å². The van der Waals surface area contributed by atoms with E-state index in [4.69, 9.17) is 0 Å². The maximum Gasteiger partial charge on any atom is 0.416 e. The van der Waals surface area contributed by atoms with Crippen molar-refractivity contribution in [1.82, 2.24) is 5.32 Å². The molecular weight excluding hydrogens is 390 g/mol. The van der Waals surface area contributed by atoms with E-state index in [1.807, 2.05) is 0 Å². The molecule has 0 aromatic heterocycles. The van der Waals surface area contributed by atoms with Crippen LogP contribution in [0.4, 0.5) is 32.0 Å². The lowest BCUT2D eigenvalue weighted by Crippen LogP contribution is -2.37. The van der Waals surface area contributed by atoms with Crippen molar-refractivity contribution in [2.45, 2.75) is 25.3 Å². The summed E-state index contributed by atoms with van der Waals surface area (Å²) < 4.78 is 77.0. The van der Waals surface area contributed by atoms with Gasteiger partial charge in [0.05, 0.1) is 17.2 Å². The molecule has 0 aliphatic rings. The zero-order valence-electron chi connectivity index (χ0n) is 14.3. The lowest BCUT2D eigenvalue weighted by Gasteiger charge is -2.16. The number of alkyl halides is 6. The number of amides is 2. The van der Waals surface area contributed by atoms with Gasteiger partial charge in [0, 0.05) is 5.69 Å². The molecule has 150 valence electrons. The number of benzene rings is 2. The minimum atomic E-state index is -5.06. The molecule has 2 aromatic carbocycles. The molecule has 0 aliphatic heterocycles. The fraction of sp³-hybridized carbons (Fsp3) is 0.222. The molecule has 4 nitrogen and oxygen atoms in total. The molecule has 2 amide bonds. The van der Waals surface area contributed by atoms with Gasteiger partial charge in [-0.25, -0.2) is 0 Å². The standard InChI is InChI=1S/C18H14F6N2O2/c1-10(11-5-3-2-4-6-11)25-15(27)16(28)26-14-8-12(17(19,20)21)7-13(9-14)18(22,23)24/h2-10H,1H3,(H,25,27)(H,26,28). The molecule has 28 heavy (non-hydrogen) atoms. The number of hydrogen-bond acceptors (Lipinski definition) is 2. The van der Waals surface area contributed by atoms with Crippen LogP contribution in [-0.2, 0) is 21.9 Å². The largest absolute Gasteiger partial charge is 0.416 e. The molecule has 0 heterocycles. The highest BCUT2D eigenvalue weighted by Crippen LogP contribution is 2.37. The molecule has 0 aliphatic carbocycles. The summed E-state index contributed by atoms with van der Waals surface area (Å²) in [6.07, 6.45) is -10.1. The molecule has 1 unspecified atom stereocenters. The van der Waals surface area contributed by atoms with Crippen LogP contribution in [0.15, 0.2) is 48.5 Å². The number of rotatable bonds is 3. The lowest BCUT2D eigenvalue weighted by atomic mass is 10.1. The second-order valence-corrected chi connectivity index (χ2v) is 5.85. The molecule has 1 atom stereocenters. The topological polar surface area (TPSA) is 58.2 Å². The van der Waals surface area contributed by atoms with Crippen molar-refractivity contribution in [3.8, 4) is 0 Å². The van der Waals surface area contributed by atoms with Crippen LogP contribution in [0.1, 0.15) is 29.7 Å². The van der Waals surface area contributed by atoms with Crippen LogP contribution in [0.2, 0.25) is 0 Å². The molecule has 0 fully saturated rings. The predicted octanol–water partition coefficient (Wildman–Crippen LogP) is 4.54. The molecule has 2 N–H and O–H groups in total. The van der Waals surface area contributed by atoms with Gasteiger partial charge in [-0.05, 0) is 30.7 Å². The molecule has 0 saturated carbocycles. The van der Waals surface area contributed by atoms with Gasteiger partial charge in [0.25, 0.3) is 0 Å². The Bertz CT molecular complexity index is 830. The molecular formula is C18H14F6N2O2. The van der Waals surface area contributed by atoms with E-state index >= 15 is 0 Å². The van der Waals surface area contributed by atoms with Gasteiger partial charge in [0.2, 0.25) is 0 Å².